The molecule has 1 aliphatic rings. The molecule has 20 heavy (non-hydrogen) atoms. The third-order valence-corrected chi connectivity index (χ3v) is 3.99. The summed E-state index contributed by atoms with van der Waals surface area (Å²) in [6.45, 7) is 10.6. The van der Waals surface area contributed by atoms with Gasteiger partial charge in [0.25, 0.3) is 0 Å². The van der Waals surface area contributed by atoms with E-state index in [9.17, 15) is 0 Å². The molecule has 0 aromatic carbocycles. The van der Waals surface area contributed by atoms with Gasteiger partial charge in [-0.2, -0.15) is 0 Å². The van der Waals surface area contributed by atoms with Crippen molar-refractivity contribution in [2.24, 2.45) is 11.8 Å². The van der Waals surface area contributed by atoms with E-state index in [0.29, 0.717) is 5.92 Å². The lowest BCUT2D eigenvalue weighted by molar-refractivity contribution is 0.536. The zero-order valence-electron chi connectivity index (χ0n) is 13.2. The van der Waals surface area contributed by atoms with Gasteiger partial charge in [-0.25, -0.2) is 9.97 Å². The molecule has 0 saturated heterocycles. The molecule has 1 aliphatic carbocycles. The van der Waals surface area contributed by atoms with E-state index in [0.717, 1.165) is 42.4 Å². The van der Waals surface area contributed by atoms with E-state index in [1.54, 1.807) is 0 Å². The number of nitrogens with one attached hydrogen (secondary N) is 2. The highest BCUT2D eigenvalue weighted by Gasteiger charge is 2.21. The van der Waals surface area contributed by atoms with E-state index in [1.165, 1.54) is 19.3 Å². The summed E-state index contributed by atoms with van der Waals surface area (Å²) < 4.78 is 0. The molecular weight excluding hydrogens is 248 g/mol. The number of nitrogens with zero attached hydrogens (tertiary/aromatic N) is 2. The minimum absolute atomic E-state index is 0.348. The number of anilines is 2. The summed E-state index contributed by atoms with van der Waals surface area (Å²) in [5, 5.41) is 6.80. The monoisotopic (exact) mass is 276 g/mol. The Bertz CT molecular complexity index is 430. The highest BCUT2D eigenvalue weighted by molar-refractivity contribution is 5.47. The summed E-state index contributed by atoms with van der Waals surface area (Å²) >= 11 is 0. The van der Waals surface area contributed by atoms with Crippen molar-refractivity contribution in [1.82, 2.24) is 9.97 Å². The standard InChI is InChI=1S/C16H28N4/c1-5-17-14-9-15(20-16(19-14)11(2)3)18-10-13-7-6-12(4)8-13/h9,11-13H,5-8,10H2,1-4H3,(H2,17,18,19,20). The fourth-order valence-corrected chi connectivity index (χ4v) is 2.85. The summed E-state index contributed by atoms with van der Waals surface area (Å²) in [5.74, 6) is 4.82. The molecule has 4 heteroatoms. The van der Waals surface area contributed by atoms with E-state index < -0.39 is 0 Å². The van der Waals surface area contributed by atoms with Crippen LogP contribution in [0.4, 0.5) is 11.6 Å². The number of aromatic nitrogens is 2. The average Bonchev–Trinajstić information content (AvgIpc) is 2.82. The molecule has 0 spiro atoms. The lowest BCUT2D eigenvalue weighted by Crippen LogP contribution is -2.14. The van der Waals surface area contributed by atoms with Gasteiger partial charge in [-0.15, -0.1) is 0 Å². The van der Waals surface area contributed by atoms with Gasteiger partial charge >= 0.3 is 0 Å². The van der Waals surface area contributed by atoms with E-state index in [1.807, 2.05) is 6.07 Å². The molecule has 1 saturated carbocycles. The van der Waals surface area contributed by atoms with Crippen molar-refractivity contribution < 1.29 is 0 Å². The summed E-state index contributed by atoms with van der Waals surface area (Å²) in [7, 11) is 0. The first-order valence-electron chi connectivity index (χ1n) is 7.95. The largest absolute Gasteiger partial charge is 0.370 e. The van der Waals surface area contributed by atoms with Crippen LogP contribution in [0.1, 0.15) is 58.7 Å². The van der Waals surface area contributed by atoms with Crippen molar-refractivity contribution in [3.8, 4) is 0 Å². The molecule has 0 aliphatic heterocycles. The second-order valence-electron chi connectivity index (χ2n) is 6.35. The summed E-state index contributed by atoms with van der Waals surface area (Å²) in [6, 6.07) is 2.02. The number of hydrogen-bond acceptors (Lipinski definition) is 4. The maximum atomic E-state index is 4.63. The fraction of sp³-hybridized carbons (Fsp3) is 0.750. The Kier molecular flexibility index (Phi) is 5.21. The minimum Gasteiger partial charge on any atom is -0.370 e. The van der Waals surface area contributed by atoms with E-state index >= 15 is 0 Å². The molecule has 1 fully saturated rings. The molecule has 0 amide bonds. The van der Waals surface area contributed by atoms with Crippen molar-refractivity contribution in [2.75, 3.05) is 23.7 Å². The minimum atomic E-state index is 0.348. The van der Waals surface area contributed by atoms with Gasteiger partial charge in [0.05, 0.1) is 0 Å². The fourth-order valence-electron chi connectivity index (χ4n) is 2.85. The van der Waals surface area contributed by atoms with E-state index in [-0.39, 0.29) is 0 Å². The van der Waals surface area contributed by atoms with Gasteiger partial charge < -0.3 is 10.6 Å². The SMILES string of the molecule is CCNc1cc(NCC2CCC(C)C2)nc(C(C)C)n1. The molecule has 2 rings (SSSR count). The topological polar surface area (TPSA) is 49.8 Å². The van der Waals surface area contributed by atoms with Crippen LogP contribution in [-0.4, -0.2) is 23.1 Å². The molecule has 2 unspecified atom stereocenters. The first kappa shape index (κ1) is 15.1. The number of rotatable bonds is 6. The van der Waals surface area contributed by atoms with Gasteiger partial charge in [0.15, 0.2) is 0 Å². The Morgan fingerprint density at radius 1 is 1.20 bits per heavy atom. The van der Waals surface area contributed by atoms with E-state index in [2.05, 4.69) is 48.3 Å². The highest BCUT2D eigenvalue weighted by atomic mass is 15.1. The van der Waals surface area contributed by atoms with Crippen LogP contribution in [0.2, 0.25) is 0 Å². The van der Waals surface area contributed by atoms with Gasteiger partial charge in [-0.1, -0.05) is 27.2 Å². The second kappa shape index (κ2) is 6.91. The van der Waals surface area contributed by atoms with Gasteiger partial charge in [-0.3, -0.25) is 0 Å². The second-order valence-corrected chi connectivity index (χ2v) is 6.35. The molecule has 2 atom stereocenters. The number of hydrogen-bond donors (Lipinski definition) is 2. The van der Waals surface area contributed by atoms with Crippen molar-refractivity contribution in [2.45, 2.75) is 52.9 Å². The normalized spacial score (nSPS) is 22.2. The Morgan fingerprint density at radius 2 is 1.90 bits per heavy atom. The van der Waals surface area contributed by atoms with Crippen LogP contribution >= 0.6 is 0 Å². The summed E-state index contributed by atoms with van der Waals surface area (Å²) in [6.07, 6.45) is 4.06. The molecule has 2 N–H and O–H groups in total. The predicted molar refractivity (Wildman–Crippen MR) is 85.3 cm³/mol. The lowest BCUT2D eigenvalue weighted by Gasteiger charge is -2.14. The zero-order valence-corrected chi connectivity index (χ0v) is 13.2. The molecular formula is C16H28N4. The predicted octanol–water partition coefficient (Wildman–Crippen LogP) is 3.88. The Hall–Kier alpha value is -1.32. The van der Waals surface area contributed by atoms with Crippen molar-refractivity contribution in [3.63, 3.8) is 0 Å². The molecule has 0 bridgehead atoms. The van der Waals surface area contributed by atoms with Gasteiger partial charge in [0.2, 0.25) is 0 Å². The highest BCUT2D eigenvalue weighted by Crippen LogP contribution is 2.30. The van der Waals surface area contributed by atoms with Crippen LogP contribution in [0.5, 0.6) is 0 Å². The van der Waals surface area contributed by atoms with Gasteiger partial charge in [0, 0.05) is 25.1 Å². The molecule has 1 heterocycles. The maximum absolute atomic E-state index is 4.63. The summed E-state index contributed by atoms with van der Waals surface area (Å²) in [4.78, 5) is 9.19. The van der Waals surface area contributed by atoms with Crippen molar-refractivity contribution >= 4 is 11.6 Å². The van der Waals surface area contributed by atoms with Crippen LogP contribution < -0.4 is 10.6 Å². The third-order valence-electron chi connectivity index (χ3n) is 3.99. The lowest BCUT2D eigenvalue weighted by atomic mass is 10.1. The molecule has 112 valence electrons. The Balaban J connectivity index is 2.02. The molecule has 1 aromatic rings. The smallest absolute Gasteiger partial charge is 0.135 e. The quantitative estimate of drug-likeness (QED) is 0.828. The van der Waals surface area contributed by atoms with Crippen LogP contribution in [0.25, 0.3) is 0 Å². The van der Waals surface area contributed by atoms with Crippen molar-refractivity contribution in [3.05, 3.63) is 11.9 Å². The third kappa shape index (κ3) is 4.09. The maximum Gasteiger partial charge on any atom is 0.135 e. The molecule has 4 nitrogen and oxygen atoms in total. The molecule has 1 aromatic heterocycles. The van der Waals surface area contributed by atoms with Gasteiger partial charge in [0.1, 0.15) is 17.5 Å². The van der Waals surface area contributed by atoms with Crippen molar-refractivity contribution in [1.29, 1.82) is 0 Å². The first-order valence-corrected chi connectivity index (χ1v) is 7.95. The Labute approximate surface area is 122 Å². The van der Waals surface area contributed by atoms with Crippen LogP contribution in [0.15, 0.2) is 6.07 Å². The van der Waals surface area contributed by atoms with Crippen LogP contribution in [-0.2, 0) is 0 Å². The molecule has 0 radical (unpaired) electrons. The zero-order chi connectivity index (χ0) is 14.5. The van der Waals surface area contributed by atoms with E-state index in [4.69, 9.17) is 0 Å². The van der Waals surface area contributed by atoms with Crippen LogP contribution in [0, 0.1) is 11.8 Å². The van der Waals surface area contributed by atoms with Crippen LogP contribution in [0.3, 0.4) is 0 Å². The average molecular weight is 276 g/mol. The van der Waals surface area contributed by atoms with Gasteiger partial charge in [-0.05, 0) is 31.6 Å². The summed E-state index contributed by atoms with van der Waals surface area (Å²) in [5.41, 5.74) is 0. The Morgan fingerprint density at radius 3 is 2.45 bits per heavy atom. The first-order chi connectivity index (χ1) is 9.58.